The first kappa shape index (κ1) is 28.1. The van der Waals surface area contributed by atoms with Crippen LogP contribution in [0.1, 0.15) is 62.4 Å². The number of likely N-dealkylation sites (tertiary alicyclic amines) is 1. The molecule has 0 bridgehead atoms. The molecule has 11 heteroatoms. The summed E-state index contributed by atoms with van der Waals surface area (Å²) in [7, 11) is 1.69. The Balaban J connectivity index is 0.00000121. The van der Waals surface area contributed by atoms with Crippen LogP contribution in [0.4, 0.5) is 11.8 Å². The number of aryl methyl sites for hydroxylation is 1. The number of aliphatic hydroxyl groups excluding tert-OH is 1. The van der Waals surface area contributed by atoms with E-state index < -0.39 is 0 Å². The van der Waals surface area contributed by atoms with Crippen LogP contribution in [0.15, 0.2) is 12.3 Å². The lowest BCUT2D eigenvalue weighted by Crippen LogP contribution is -2.33. The molecule has 0 amide bonds. The number of nitrogen functional groups attached to an aromatic ring is 1. The molecule has 1 aliphatic rings. The smallest absolute Gasteiger partial charge is 0.222 e. The van der Waals surface area contributed by atoms with Crippen LogP contribution in [0.2, 0.25) is 0 Å². The van der Waals surface area contributed by atoms with Crippen LogP contribution in [-0.2, 0) is 6.54 Å². The molecule has 3 aromatic heterocycles. The molecule has 0 atom stereocenters. The molecule has 1 saturated heterocycles. The van der Waals surface area contributed by atoms with Crippen molar-refractivity contribution in [3.05, 3.63) is 29.2 Å². The SMILES string of the molecule is CCCCNc1nc(N)nc2c(C)nn(Cc3cnc(C4CCN(CC#N)CC4)cc3OC)c12.CCO. The zero-order chi connectivity index (χ0) is 26.8. The van der Waals surface area contributed by atoms with Gasteiger partial charge in [-0.1, -0.05) is 13.3 Å². The van der Waals surface area contributed by atoms with Gasteiger partial charge in [-0.3, -0.25) is 14.6 Å². The predicted molar refractivity (Wildman–Crippen MR) is 145 cm³/mol. The number of rotatable bonds is 9. The lowest BCUT2D eigenvalue weighted by Gasteiger charge is -2.30. The van der Waals surface area contributed by atoms with Gasteiger partial charge in [0, 0.05) is 42.6 Å². The molecular formula is C26H39N9O2. The standard InChI is InChI=1S/C24H33N9O.C2H6O/c1-4-5-9-27-23-22-21(29-24(26)30-23)16(2)31-33(22)15-18-14-28-19(13-20(18)34-3)17-6-10-32(11-7-17)12-8-25;1-2-3/h13-14,17H,4-7,9-12,15H2,1-3H3,(H3,26,27,29,30);3H,2H2,1H3. The van der Waals surface area contributed by atoms with E-state index in [1.165, 1.54) is 0 Å². The van der Waals surface area contributed by atoms with Crippen molar-refractivity contribution in [3.8, 4) is 11.8 Å². The summed E-state index contributed by atoms with van der Waals surface area (Å²) in [5.74, 6) is 2.10. The number of nitrogens with zero attached hydrogens (tertiary/aromatic N) is 7. The molecule has 0 spiro atoms. The minimum absolute atomic E-state index is 0.235. The van der Waals surface area contributed by atoms with Crippen molar-refractivity contribution in [1.29, 1.82) is 5.26 Å². The lowest BCUT2D eigenvalue weighted by atomic mass is 9.92. The lowest BCUT2D eigenvalue weighted by molar-refractivity contribution is 0.233. The average Bonchev–Trinajstić information content (AvgIpc) is 3.20. The Morgan fingerprint density at radius 1 is 1.27 bits per heavy atom. The zero-order valence-corrected chi connectivity index (χ0v) is 22.4. The number of fused-ring (bicyclic) bond motifs is 1. The maximum Gasteiger partial charge on any atom is 0.222 e. The van der Waals surface area contributed by atoms with Gasteiger partial charge in [-0.15, -0.1) is 0 Å². The third kappa shape index (κ3) is 7.05. The molecule has 3 aromatic rings. The van der Waals surface area contributed by atoms with Crippen LogP contribution in [0.3, 0.4) is 0 Å². The number of aliphatic hydroxyl groups is 1. The fraction of sp³-hybridized carbons (Fsp3) is 0.577. The Labute approximate surface area is 218 Å². The molecule has 0 aliphatic carbocycles. The third-order valence-electron chi connectivity index (χ3n) is 6.40. The number of piperidine rings is 1. The highest BCUT2D eigenvalue weighted by molar-refractivity contribution is 5.88. The number of anilines is 2. The van der Waals surface area contributed by atoms with Crippen LogP contribution in [0.5, 0.6) is 5.75 Å². The van der Waals surface area contributed by atoms with E-state index in [0.29, 0.717) is 24.8 Å². The number of nitriles is 1. The van der Waals surface area contributed by atoms with Gasteiger partial charge in [-0.05, 0) is 46.2 Å². The van der Waals surface area contributed by atoms with E-state index in [2.05, 4.69) is 33.2 Å². The summed E-state index contributed by atoms with van der Waals surface area (Å²) in [6.07, 6.45) is 5.99. The molecule has 4 rings (SSSR count). The molecule has 1 fully saturated rings. The van der Waals surface area contributed by atoms with E-state index >= 15 is 0 Å². The quantitative estimate of drug-likeness (QED) is 0.290. The second kappa shape index (κ2) is 13.7. The van der Waals surface area contributed by atoms with Crippen molar-refractivity contribution in [1.82, 2.24) is 29.6 Å². The minimum Gasteiger partial charge on any atom is -0.496 e. The molecule has 11 nitrogen and oxygen atoms in total. The monoisotopic (exact) mass is 509 g/mol. The first-order chi connectivity index (χ1) is 17.9. The van der Waals surface area contributed by atoms with E-state index in [-0.39, 0.29) is 12.6 Å². The summed E-state index contributed by atoms with van der Waals surface area (Å²) in [4.78, 5) is 15.9. The van der Waals surface area contributed by atoms with Gasteiger partial charge in [0.25, 0.3) is 0 Å². The molecule has 4 heterocycles. The number of aromatic nitrogens is 5. The van der Waals surface area contributed by atoms with E-state index in [1.54, 1.807) is 14.0 Å². The summed E-state index contributed by atoms with van der Waals surface area (Å²) in [5.41, 5.74) is 10.3. The fourth-order valence-corrected chi connectivity index (χ4v) is 4.53. The van der Waals surface area contributed by atoms with Crippen LogP contribution in [0, 0.1) is 18.3 Å². The highest BCUT2D eigenvalue weighted by atomic mass is 16.5. The van der Waals surface area contributed by atoms with Gasteiger partial charge >= 0.3 is 0 Å². The number of methoxy groups -OCH3 is 1. The Kier molecular flexibility index (Phi) is 10.4. The van der Waals surface area contributed by atoms with Crippen LogP contribution < -0.4 is 15.8 Å². The molecule has 4 N–H and O–H groups in total. The Hall–Kier alpha value is -3.49. The zero-order valence-electron chi connectivity index (χ0n) is 22.4. The van der Waals surface area contributed by atoms with Gasteiger partial charge in [-0.25, -0.2) is 4.98 Å². The molecule has 0 radical (unpaired) electrons. The van der Waals surface area contributed by atoms with Crippen LogP contribution in [0.25, 0.3) is 11.0 Å². The molecule has 0 aromatic carbocycles. The molecule has 0 unspecified atom stereocenters. The van der Waals surface area contributed by atoms with Gasteiger partial charge in [0.15, 0.2) is 5.82 Å². The van der Waals surface area contributed by atoms with Crippen molar-refractivity contribution in [2.24, 2.45) is 0 Å². The summed E-state index contributed by atoms with van der Waals surface area (Å²) in [5, 5.41) is 24.6. The van der Waals surface area contributed by atoms with Crippen LogP contribution >= 0.6 is 0 Å². The van der Waals surface area contributed by atoms with Gasteiger partial charge in [0.2, 0.25) is 5.95 Å². The maximum atomic E-state index is 8.93. The van der Waals surface area contributed by atoms with Crippen molar-refractivity contribution >= 4 is 22.8 Å². The molecule has 0 saturated carbocycles. The number of ether oxygens (including phenoxy) is 1. The van der Waals surface area contributed by atoms with E-state index in [9.17, 15) is 0 Å². The highest BCUT2D eigenvalue weighted by Crippen LogP contribution is 2.31. The number of hydrogen-bond donors (Lipinski definition) is 3. The Bertz CT molecular complexity index is 1200. The van der Waals surface area contributed by atoms with Crippen LogP contribution in [-0.4, -0.2) is 74.6 Å². The van der Waals surface area contributed by atoms with E-state index in [0.717, 1.165) is 79.1 Å². The maximum absolute atomic E-state index is 8.93. The number of nitrogens with two attached hydrogens (primary N) is 1. The van der Waals surface area contributed by atoms with E-state index in [1.807, 2.05) is 23.9 Å². The molecular weight excluding hydrogens is 470 g/mol. The molecule has 1 aliphatic heterocycles. The summed E-state index contributed by atoms with van der Waals surface area (Å²) < 4.78 is 7.66. The Morgan fingerprint density at radius 3 is 2.65 bits per heavy atom. The van der Waals surface area contributed by atoms with E-state index in [4.69, 9.17) is 30.9 Å². The van der Waals surface area contributed by atoms with Gasteiger partial charge < -0.3 is 20.9 Å². The van der Waals surface area contributed by atoms with Gasteiger partial charge in [0.1, 0.15) is 16.8 Å². The Morgan fingerprint density at radius 2 is 2.00 bits per heavy atom. The summed E-state index contributed by atoms with van der Waals surface area (Å²) in [6.45, 7) is 9.62. The van der Waals surface area contributed by atoms with Crippen molar-refractivity contribution in [2.75, 3.05) is 50.9 Å². The second-order valence-electron chi connectivity index (χ2n) is 9.10. The molecule has 37 heavy (non-hydrogen) atoms. The molecule has 200 valence electrons. The largest absolute Gasteiger partial charge is 0.496 e. The fourth-order valence-electron chi connectivity index (χ4n) is 4.53. The number of pyridine rings is 1. The first-order valence-corrected chi connectivity index (χ1v) is 12.9. The summed E-state index contributed by atoms with van der Waals surface area (Å²) >= 11 is 0. The van der Waals surface area contributed by atoms with Gasteiger partial charge in [-0.2, -0.15) is 15.3 Å². The third-order valence-corrected chi connectivity index (χ3v) is 6.40. The van der Waals surface area contributed by atoms with Crippen molar-refractivity contribution < 1.29 is 9.84 Å². The number of unbranched alkanes of at least 4 members (excludes halogenated alkanes) is 1. The average molecular weight is 510 g/mol. The number of nitrogens with one attached hydrogen (secondary N) is 1. The van der Waals surface area contributed by atoms with Crippen molar-refractivity contribution in [2.45, 2.75) is 58.9 Å². The van der Waals surface area contributed by atoms with Gasteiger partial charge in [0.05, 0.1) is 32.0 Å². The number of hydrogen-bond acceptors (Lipinski definition) is 10. The first-order valence-electron chi connectivity index (χ1n) is 12.9. The second-order valence-corrected chi connectivity index (χ2v) is 9.10. The minimum atomic E-state index is 0.235. The topological polar surface area (TPSA) is 151 Å². The summed E-state index contributed by atoms with van der Waals surface area (Å²) in [6, 6.07) is 4.29. The normalized spacial score (nSPS) is 14.2. The van der Waals surface area contributed by atoms with Crippen molar-refractivity contribution in [3.63, 3.8) is 0 Å². The predicted octanol–water partition coefficient (Wildman–Crippen LogP) is 3.08. The highest BCUT2D eigenvalue weighted by Gasteiger charge is 2.23.